The number of pyridine rings is 1. The Labute approximate surface area is 176 Å². The number of aromatic nitrogens is 1. The molecule has 2 aromatic rings. The first-order chi connectivity index (χ1) is 14.2. The molecule has 1 aliphatic heterocycles. The van der Waals surface area contributed by atoms with Crippen molar-refractivity contribution in [3.8, 4) is 5.75 Å². The van der Waals surface area contributed by atoms with E-state index in [0.717, 1.165) is 12.1 Å². The summed E-state index contributed by atoms with van der Waals surface area (Å²) in [5, 5.41) is 3.14. The number of amides is 2. The predicted molar refractivity (Wildman–Crippen MR) is 104 cm³/mol. The van der Waals surface area contributed by atoms with E-state index in [-0.39, 0.29) is 18.2 Å². The number of benzene rings is 1. The summed E-state index contributed by atoms with van der Waals surface area (Å²) in [6.07, 6.45) is -1.84. The van der Waals surface area contributed by atoms with Gasteiger partial charge in [-0.1, -0.05) is 17.7 Å². The maximum Gasteiger partial charge on any atom is 0.416 e. The minimum Gasteiger partial charge on any atom is -0.484 e. The number of nitrogens with zero attached hydrogens (tertiary/aromatic N) is 2. The van der Waals surface area contributed by atoms with Gasteiger partial charge < -0.3 is 15.0 Å². The van der Waals surface area contributed by atoms with Gasteiger partial charge in [-0.3, -0.25) is 9.59 Å². The van der Waals surface area contributed by atoms with Gasteiger partial charge in [0.1, 0.15) is 11.6 Å². The van der Waals surface area contributed by atoms with Crippen molar-refractivity contribution in [2.24, 2.45) is 5.92 Å². The van der Waals surface area contributed by atoms with Crippen LogP contribution >= 0.6 is 11.6 Å². The van der Waals surface area contributed by atoms with Crippen molar-refractivity contribution >= 4 is 29.2 Å². The topological polar surface area (TPSA) is 71.5 Å². The SMILES string of the molecule is O=C(Nc1ccc(Cl)cn1)C1CCCN(C(=O)COc2cccc(C(F)(F)F)c2)C1. The van der Waals surface area contributed by atoms with E-state index in [1.165, 1.54) is 23.2 Å². The summed E-state index contributed by atoms with van der Waals surface area (Å²) in [4.78, 5) is 30.4. The molecule has 1 fully saturated rings. The molecular formula is C20H19ClF3N3O3. The van der Waals surface area contributed by atoms with Crippen molar-refractivity contribution in [1.82, 2.24) is 9.88 Å². The van der Waals surface area contributed by atoms with E-state index in [0.29, 0.717) is 30.2 Å². The Hall–Kier alpha value is -2.81. The maximum atomic E-state index is 12.8. The Morgan fingerprint density at radius 1 is 1.27 bits per heavy atom. The molecule has 1 unspecified atom stereocenters. The molecule has 3 rings (SSSR count). The quantitative estimate of drug-likeness (QED) is 0.761. The van der Waals surface area contributed by atoms with Crippen molar-refractivity contribution < 1.29 is 27.5 Å². The first kappa shape index (κ1) is 21.9. The number of hydrogen-bond donors (Lipinski definition) is 1. The minimum atomic E-state index is -4.49. The number of hydrogen-bond acceptors (Lipinski definition) is 4. The van der Waals surface area contributed by atoms with Gasteiger partial charge in [0.05, 0.1) is 16.5 Å². The smallest absolute Gasteiger partial charge is 0.416 e. The van der Waals surface area contributed by atoms with E-state index in [2.05, 4.69) is 10.3 Å². The monoisotopic (exact) mass is 441 g/mol. The van der Waals surface area contributed by atoms with Crippen LogP contribution in [0.2, 0.25) is 5.02 Å². The lowest BCUT2D eigenvalue weighted by atomic mass is 9.97. The van der Waals surface area contributed by atoms with Crippen molar-refractivity contribution in [3.63, 3.8) is 0 Å². The van der Waals surface area contributed by atoms with Crippen molar-refractivity contribution in [1.29, 1.82) is 0 Å². The highest BCUT2D eigenvalue weighted by Gasteiger charge is 2.31. The number of halogens is 4. The summed E-state index contributed by atoms with van der Waals surface area (Å²) in [7, 11) is 0. The molecule has 30 heavy (non-hydrogen) atoms. The Morgan fingerprint density at radius 2 is 2.07 bits per heavy atom. The molecule has 2 heterocycles. The lowest BCUT2D eigenvalue weighted by Gasteiger charge is -2.32. The zero-order valence-corrected chi connectivity index (χ0v) is 16.5. The van der Waals surface area contributed by atoms with Crippen molar-refractivity contribution in [2.45, 2.75) is 19.0 Å². The van der Waals surface area contributed by atoms with E-state index >= 15 is 0 Å². The molecule has 0 aliphatic carbocycles. The zero-order chi connectivity index (χ0) is 21.7. The average molecular weight is 442 g/mol. The van der Waals surface area contributed by atoms with Crippen molar-refractivity contribution in [3.05, 3.63) is 53.2 Å². The molecule has 1 aromatic heterocycles. The summed E-state index contributed by atoms with van der Waals surface area (Å²) in [5.74, 6) is -0.761. The molecule has 1 aliphatic rings. The number of rotatable bonds is 5. The fourth-order valence-corrected chi connectivity index (χ4v) is 3.21. The van der Waals surface area contributed by atoms with Crippen LogP contribution in [0.25, 0.3) is 0 Å². The molecule has 160 valence electrons. The summed E-state index contributed by atoms with van der Waals surface area (Å²) in [6, 6.07) is 7.53. The van der Waals surface area contributed by atoms with E-state index in [9.17, 15) is 22.8 Å². The molecule has 1 N–H and O–H groups in total. The highest BCUT2D eigenvalue weighted by Crippen LogP contribution is 2.31. The second kappa shape index (κ2) is 9.34. The van der Waals surface area contributed by atoms with E-state index in [1.54, 1.807) is 12.1 Å². The second-order valence-corrected chi connectivity index (χ2v) is 7.28. The van der Waals surface area contributed by atoms with Gasteiger partial charge in [0.2, 0.25) is 5.91 Å². The van der Waals surface area contributed by atoms with Gasteiger partial charge in [0, 0.05) is 19.3 Å². The lowest BCUT2D eigenvalue weighted by molar-refractivity contribution is -0.137. The van der Waals surface area contributed by atoms with Crippen LogP contribution in [-0.2, 0) is 15.8 Å². The maximum absolute atomic E-state index is 12.8. The third-order valence-corrected chi connectivity index (χ3v) is 4.87. The highest BCUT2D eigenvalue weighted by atomic mass is 35.5. The number of piperidine rings is 1. The first-order valence-electron chi connectivity index (χ1n) is 9.22. The van der Waals surface area contributed by atoms with E-state index in [1.807, 2.05) is 0 Å². The molecule has 0 spiro atoms. The summed E-state index contributed by atoms with van der Waals surface area (Å²) in [6.45, 7) is 0.242. The number of carbonyl (C=O) groups is 2. The number of anilines is 1. The molecule has 0 radical (unpaired) electrons. The first-order valence-corrected chi connectivity index (χ1v) is 9.60. The average Bonchev–Trinajstić information content (AvgIpc) is 2.73. The number of likely N-dealkylation sites (tertiary alicyclic amines) is 1. The summed E-state index contributed by atoms with van der Waals surface area (Å²) in [5.41, 5.74) is -0.849. The fraction of sp³-hybridized carbons (Fsp3) is 0.350. The van der Waals surface area contributed by atoms with Gasteiger partial charge in [-0.15, -0.1) is 0 Å². The Bertz CT molecular complexity index is 906. The minimum absolute atomic E-state index is 0.0432. The summed E-state index contributed by atoms with van der Waals surface area (Å²) < 4.78 is 43.6. The molecule has 2 amide bonds. The van der Waals surface area contributed by atoms with Crippen LogP contribution in [0, 0.1) is 5.92 Å². The Morgan fingerprint density at radius 3 is 2.77 bits per heavy atom. The molecule has 10 heteroatoms. The van der Waals surface area contributed by atoms with Crippen LogP contribution in [0.3, 0.4) is 0 Å². The standard InChI is InChI=1S/C20H19ClF3N3O3/c21-15-6-7-17(25-10-15)26-19(29)13-3-2-8-27(11-13)18(28)12-30-16-5-1-4-14(9-16)20(22,23)24/h1,4-7,9-10,13H,2-3,8,11-12H2,(H,25,26,29). The van der Waals surface area contributed by atoms with Crippen LogP contribution in [0.5, 0.6) is 5.75 Å². The van der Waals surface area contributed by atoms with Gasteiger partial charge in [0.25, 0.3) is 5.91 Å². The van der Waals surface area contributed by atoms with Crippen LogP contribution in [0.15, 0.2) is 42.6 Å². The Kier molecular flexibility index (Phi) is 6.81. The highest BCUT2D eigenvalue weighted by molar-refractivity contribution is 6.30. The normalized spacial score (nSPS) is 16.8. The van der Waals surface area contributed by atoms with Gasteiger partial charge >= 0.3 is 6.18 Å². The predicted octanol–water partition coefficient (Wildman–Crippen LogP) is 4.01. The molecule has 1 atom stereocenters. The molecule has 1 saturated heterocycles. The number of nitrogens with one attached hydrogen (secondary N) is 1. The zero-order valence-electron chi connectivity index (χ0n) is 15.8. The van der Waals surface area contributed by atoms with Crippen LogP contribution in [0.4, 0.5) is 19.0 Å². The number of ether oxygens (including phenoxy) is 1. The van der Waals surface area contributed by atoms with Crippen molar-refractivity contribution in [2.75, 3.05) is 25.0 Å². The molecule has 1 aromatic carbocycles. The number of alkyl halides is 3. The fourth-order valence-electron chi connectivity index (χ4n) is 3.09. The third-order valence-electron chi connectivity index (χ3n) is 4.65. The largest absolute Gasteiger partial charge is 0.484 e. The van der Waals surface area contributed by atoms with Gasteiger partial charge in [-0.25, -0.2) is 4.98 Å². The Balaban J connectivity index is 1.54. The van der Waals surface area contributed by atoms with Gasteiger partial charge in [-0.2, -0.15) is 13.2 Å². The third kappa shape index (κ3) is 5.85. The lowest BCUT2D eigenvalue weighted by Crippen LogP contribution is -2.45. The molecular weight excluding hydrogens is 423 g/mol. The molecule has 6 nitrogen and oxygen atoms in total. The van der Waals surface area contributed by atoms with Crippen LogP contribution in [0.1, 0.15) is 18.4 Å². The van der Waals surface area contributed by atoms with Crippen LogP contribution < -0.4 is 10.1 Å². The number of carbonyl (C=O) groups excluding carboxylic acids is 2. The van der Waals surface area contributed by atoms with Gasteiger partial charge in [-0.05, 0) is 43.2 Å². The van der Waals surface area contributed by atoms with E-state index in [4.69, 9.17) is 16.3 Å². The summed E-state index contributed by atoms with van der Waals surface area (Å²) >= 11 is 5.77. The molecule has 0 saturated carbocycles. The van der Waals surface area contributed by atoms with E-state index < -0.39 is 30.2 Å². The second-order valence-electron chi connectivity index (χ2n) is 6.84. The van der Waals surface area contributed by atoms with Crippen LogP contribution in [-0.4, -0.2) is 41.4 Å². The molecule has 0 bridgehead atoms. The van der Waals surface area contributed by atoms with Gasteiger partial charge in [0.15, 0.2) is 6.61 Å².